The molecule has 0 fully saturated rings. The predicted octanol–water partition coefficient (Wildman–Crippen LogP) is 2.24. The molecule has 1 N–H and O–H groups in total. The van der Waals surface area contributed by atoms with Crippen LogP contribution in [-0.2, 0) is 32.4 Å². The number of aryl methyl sites for hydroxylation is 1. The number of aromatic nitrogens is 4. The van der Waals surface area contributed by atoms with E-state index in [0.717, 1.165) is 24.1 Å². The fraction of sp³-hybridized carbons (Fsp3) is 0.500. The van der Waals surface area contributed by atoms with Crippen LogP contribution in [0.2, 0.25) is 0 Å². The Morgan fingerprint density at radius 1 is 1.09 bits per heavy atom. The third kappa shape index (κ3) is 3.66. The Kier molecular flexibility index (Phi) is 4.42. The van der Waals surface area contributed by atoms with Crippen LogP contribution in [0.15, 0.2) is 12.4 Å². The zero-order valence-corrected chi connectivity index (χ0v) is 11.8. The Hall–Kier alpha value is -2.04. The molecule has 0 aromatic carbocycles. The van der Waals surface area contributed by atoms with Crippen molar-refractivity contribution >= 4 is 0 Å². The van der Waals surface area contributed by atoms with Gasteiger partial charge >= 0.3 is 12.4 Å². The second kappa shape index (κ2) is 5.87. The summed E-state index contributed by atoms with van der Waals surface area (Å²) in [6.07, 6.45) is -7.82. The van der Waals surface area contributed by atoms with Crippen molar-refractivity contribution in [1.82, 2.24) is 19.6 Å². The summed E-state index contributed by atoms with van der Waals surface area (Å²) in [5.41, 5.74) is -2.85. The predicted molar refractivity (Wildman–Crippen MR) is 65.3 cm³/mol. The van der Waals surface area contributed by atoms with Gasteiger partial charge in [-0.05, 0) is 6.42 Å². The second-order valence-corrected chi connectivity index (χ2v) is 4.81. The summed E-state index contributed by atoms with van der Waals surface area (Å²) in [7, 11) is 1.09. The maximum absolute atomic E-state index is 12.9. The van der Waals surface area contributed by atoms with Gasteiger partial charge in [-0.2, -0.15) is 36.5 Å². The maximum atomic E-state index is 12.9. The van der Waals surface area contributed by atoms with Gasteiger partial charge in [-0.3, -0.25) is 9.36 Å². The number of hydrogen-bond donors (Lipinski definition) is 1. The molecule has 2 heterocycles. The lowest BCUT2D eigenvalue weighted by molar-refractivity contribution is -0.145. The summed E-state index contributed by atoms with van der Waals surface area (Å²) in [6, 6.07) is 0. The van der Waals surface area contributed by atoms with Gasteiger partial charge in [0.05, 0.1) is 12.7 Å². The fourth-order valence-electron chi connectivity index (χ4n) is 2.22. The van der Waals surface area contributed by atoms with Crippen LogP contribution >= 0.6 is 0 Å². The minimum atomic E-state index is -4.75. The van der Waals surface area contributed by atoms with Crippen molar-refractivity contribution in [2.24, 2.45) is 7.05 Å². The third-order valence-electron chi connectivity index (χ3n) is 3.10. The molecule has 0 aliphatic carbocycles. The van der Waals surface area contributed by atoms with Gasteiger partial charge in [0, 0.05) is 31.0 Å². The van der Waals surface area contributed by atoms with E-state index in [0.29, 0.717) is 4.68 Å². The summed E-state index contributed by atoms with van der Waals surface area (Å²) in [5.74, 6) is 0. The molecule has 11 heteroatoms. The number of aliphatic hydroxyl groups excluding tert-OH is 1. The van der Waals surface area contributed by atoms with Gasteiger partial charge in [-0.15, -0.1) is 0 Å². The molecule has 2 aromatic heterocycles. The first-order valence-corrected chi connectivity index (χ1v) is 6.36. The highest BCUT2D eigenvalue weighted by Crippen LogP contribution is 2.33. The molecule has 0 saturated heterocycles. The van der Waals surface area contributed by atoms with Gasteiger partial charge in [-0.1, -0.05) is 0 Å². The summed E-state index contributed by atoms with van der Waals surface area (Å²) in [4.78, 5) is 0. The molecule has 0 saturated carbocycles. The summed E-state index contributed by atoms with van der Waals surface area (Å²) < 4.78 is 78.7. The first-order valence-electron chi connectivity index (χ1n) is 6.36. The van der Waals surface area contributed by atoms with Gasteiger partial charge in [0.25, 0.3) is 0 Å². The normalized spacial score (nSPS) is 12.9. The van der Waals surface area contributed by atoms with E-state index in [1.54, 1.807) is 0 Å². The van der Waals surface area contributed by atoms with Crippen molar-refractivity contribution in [3.05, 3.63) is 34.9 Å². The molecule has 0 radical (unpaired) electrons. The molecule has 23 heavy (non-hydrogen) atoms. The van der Waals surface area contributed by atoms with Gasteiger partial charge < -0.3 is 5.11 Å². The van der Waals surface area contributed by atoms with Crippen LogP contribution in [0.25, 0.3) is 0 Å². The van der Waals surface area contributed by atoms with E-state index in [9.17, 15) is 26.3 Å². The van der Waals surface area contributed by atoms with Gasteiger partial charge in [0.15, 0.2) is 5.69 Å². The van der Waals surface area contributed by atoms with E-state index in [1.807, 2.05) is 0 Å². The molecule has 128 valence electrons. The van der Waals surface area contributed by atoms with Crippen molar-refractivity contribution < 1.29 is 31.4 Å². The number of alkyl halides is 6. The fourth-order valence-corrected chi connectivity index (χ4v) is 2.22. The Morgan fingerprint density at radius 3 is 2.26 bits per heavy atom. The molecule has 5 nitrogen and oxygen atoms in total. The zero-order chi connectivity index (χ0) is 17.4. The van der Waals surface area contributed by atoms with Crippen LogP contribution in [0.4, 0.5) is 26.3 Å². The summed E-state index contributed by atoms with van der Waals surface area (Å²) in [5, 5.41) is 15.6. The van der Waals surface area contributed by atoms with Crippen molar-refractivity contribution in [3.8, 4) is 0 Å². The minimum Gasteiger partial charge on any atom is -0.396 e. The molecule has 0 spiro atoms. The highest BCUT2D eigenvalue weighted by molar-refractivity contribution is 5.24. The van der Waals surface area contributed by atoms with E-state index in [1.165, 1.54) is 0 Å². The lowest BCUT2D eigenvalue weighted by Crippen LogP contribution is -2.16. The average Bonchev–Trinajstić information content (AvgIpc) is 2.93. The first kappa shape index (κ1) is 17.3. The van der Waals surface area contributed by atoms with E-state index in [4.69, 9.17) is 5.11 Å². The number of aliphatic hydroxyl groups is 1. The van der Waals surface area contributed by atoms with Crippen LogP contribution in [0.1, 0.15) is 22.5 Å². The standard InChI is InChI=1S/C12H12F6N4O/c1-21-10(12(16,17)18)8(4-19-21)6-22-5-7(2-3-23)9(20-22)11(13,14)15/h4-5,23H,2-3,6H2,1H3. The Bertz CT molecular complexity index is 685. The highest BCUT2D eigenvalue weighted by atomic mass is 19.4. The molecule has 0 amide bonds. The largest absolute Gasteiger partial charge is 0.435 e. The molecule has 2 aromatic rings. The zero-order valence-electron chi connectivity index (χ0n) is 11.8. The Morgan fingerprint density at radius 2 is 1.74 bits per heavy atom. The average molecular weight is 342 g/mol. The SMILES string of the molecule is Cn1ncc(Cn2cc(CCO)c(C(F)(F)F)n2)c1C(F)(F)F. The molecule has 0 atom stereocenters. The lowest BCUT2D eigenvalue weighted by Gasteiger charge is -2.10. The molecular weight excluding hydrogens is 330 g/mol. The molecule has 0 aliphatic heterocycles. The lowest BCUT2D eigenvalue weighted by atomic mass is 10.2. The van der Waals surface area contributed by atoms with E-state index < -0.39 is 36.9 Å². The second-order valence-electron chi connectivity index (χ2n) is 4.81. The van der Waals surface area contributed by atoms with Crippen molar-refractivity contribution in [3.63, 3.8) is 0 Å². The molecule has 2 rings (SSSR count). The third-order valence-corrected chi connectivity index (χ3v) is 3.10. The summed E-state index contributed by atoms with van der Waals surface area (Å²) >= 11 is 0. The Labute approximate surface area is 126 Å². The smallest absolute Gasteiger partial charge is 0.396 e. The maximum Gasteiger partial charge on any atom is 0.435 e. The minimum absolute atomic E-state index is 0.280. The topological polar surface area (TPSA) is 55.9 Å². The molecule has 0 unspecified atom stereocenters. The quantitative estimate of drug-likeness (QED) is 0.867. The monoisotopic (exact) mass is 342 g/mol. The van der Waals surface area contributed by atoms with Crippen LogP contribution in [0.5, 0.6) is 0 Å². The van der Waals surface area contributed by atoms with Crippen LogP contribution in [-0.4, -0.2) is 31.3 Å². The first-order chi connectivity index (χ1) is 10.5. The summed E-state index contributed by atoms with van der Waals surface area (Å²) in [6.45, 7) is -1.05. The van der Waals surface area contributed by atoms with E-state index >= 15 is 0 Å². The van der Waals surface area contributed by atoms with E-state index in [-0.39, 0.29) is 17.5 Å². The number of rotatable bonds is 4. The molecular formula is C12H12F6N4O. The van der Waals surface area contributed by atoms with Crippen molar-refractivity contribution in [1.29, 1.82) is 0 Å². The van der Waals surface area contributed by atoms with E-state index in [2.05, 4.69) is 10.2 Å². The highest BCUT2D eigenvalue weighted by Gasteiger charge is 2.39. The van der Waals surface area contributed by atoms with Crippen LogP contribution in [0.3, 0.4) is 0 Å². The van der Waals surface area contributed by atoms with Crippen molar-refractivity contribution in [2.75, 3.05) is 6.61 Å². The van der Waals surface area contributed by atoms with Crippen LogP contribution in [0, 0.1) is 0 Å². The van der Waals surface area contributed by atoms with Gasteiger partial charge in [0.2, 0.25) is 0 Å². The number of hydrogen-bond acceptors (Lipinski definition) is 3. The molecule has 0 bridgehead atoms. The number of nitrogens with zero attached hydrogens (tertiary/aromatic N) is 4. The number of halogens is 6. The molecule has 0 aliphatic rings. The van der Waals surface area contributed by atoms with Gasteiger partial charge in [0.1, 0.15) is 5.69 Å². The van der Waals surface area contributed by atoms with Crippen LogP contribution < -0.4 is 0 Å². The van der Waals surface area contributed by atoms with Crippen molar-refractivity contribution in [2.45, 2.75) is 25.3 Å². The Balaban J connectivity index is 2.39. The van der Waals surface area contributed by atoms with Gasteiger partial charge in [-0.25, -0.2) is 0 Å².